The molecule has 3 aromatic rings. The van der Waals surface area contributed by atoms with Crippen LogP contribution < -0.4 is 9.46 Å². The standard InChI is InChI=1S/C17H17N3O4S/c1-12-8-9-14(23-2)15(10-12)25(21,22)18-11-16-19-17(20-24-16)13-6-4-3-5-7-13/h3-10,18H,11H2,1-2H3. The second-order valence-corrected chi connectivity index (χ2v) is 7.09. The van der Waals surface area contributed by atoms with Gasteiger partial charge in [-0.25, -0.2) is 13.1 Å². The molecule has 7 nitrogen and oxygen atoms in total. The van der Waals surface area contributed by atoms with E-state index in [1.165, 1.54) is 7.11 Å². The third-order valence-corrected chi connectivity index (χ3v) is 4.94. The molecule has 0 unspecified atom stereocenters. The molecule has 2 aromatic carbocycles. The van der Waals surface area contributed by atoms with Gasteiger partial charge in [-0.3, -0.25) is 0 Å². The fourth-order valence-corrected chi connectivity index (χ4v) is 3.49. The summed E-state index contributed by atoms with van der Waals surface area (Å²) in [5.74, 6) is 0.852. The number of methoxy groups -OCH3 is 1. The van der Waals surface area contributed by atoms with Crippen LogP contribution in [-0.4, -0.2) is 25.7 Å². The molecule has 0 saturated heterocycles. The molecule has 3 rings (SSSR count). The first-order valence-corrected chi connectivity index (χ1v) is 9.00. The fraction of sp³-hybridized carbons (Fsp3) is 0.176. The van der Waals surface area contributed by atoms with Gasteiger partial charge in [0.2, 0.25) is 21.7 Å². The van der Waals surface area contributed by atoms with E-state index in [9.17, 15) is 8.42 Å². The highest BCUT2D eigenvalue weighted by Gasteiger charge is 2.20. The number of benzene rings is 2. The molecule has 1 heterocycles. The molecule has 0 spiro atoms. The Balaban J connectivity index is 1.77. The number of hydrogen-bond acceptors (Lipinski definition) is 6. The molecule has 130 valence electrons. The monoisotopic (exact) mass is 359 g/mol. The number of nitrogens with one attached hydrogen (secondary N) is 1. The minimum absolute atomic E-state index is 0.0674. The van der Waals surface area contributed by atoms with Crippen LogP contribution in [0.1, 0.15) is 11.5 Å². The summed E-state index contributed by atoms with van der Waals surface area (Å²) in [5, 5.41) is 3.86. The van der Waals surface area contributed by atoms with Crippen LogP contribution in [-0.2, 0) is 16.6 Å². The zero-order valence-electron chi connectivity index (χ0n) is 13.8. The third kappa shape index (κ3) is 3.86. The zero-order chi connectivity index (χ0) is 17.9. The molecular formula is C17H17N3O4S. The van der Waals surface area contributed by atoms with Gasteiger partial charge < -0.3 is 9.26 Å². The minimum atomic E-state index is -3.78. The highest BCUT2D eigenvalue weighted by atomic mass is 32.2. The molecule has 1 aromatic heterocycles. The average molecular weight is 359 g/mol. The Labute approximate surface area is 145 Å². The second-order valence-electron chi connectivity index (χ2n) is 5.36. The van der Waals surface area contributed by atoms with E-state index in [0.29, 0.717) is 5.82 Å². The van der Waals surface area contributed by atoms with Crippen molar-refractivity contribution < 1.29 is 17.7 Å². The number of nitrogens with zero attached hydrogens (tertiary/aromatic N) is 2. The van der Waals surface area contributed by atoms with Crippen molar-refractivity contribution in [3.05, 3.63) is 60.0 Å². The van der Waals surface area contributed by atoms with E-state index >= 15 is 0 Å². The number of rotatable bonds is 6. The van der Waals surface area contributed by atoms with E-state index in [1.807, 2.05) is 37.3 Å². The van der Waals surface area contributed by atoms with E-state index in [0.717, 1.165) is 11.1 Å². The molecular weight excluding hydrogens is 342 g/mol. The highest BCUT2D eigenvalue weighted by Crippen LogP contribution is 2.24. The van der Waals surface area contributed by atoms with Crippen molar-refractivity contribution in [1.82, 2.24) is 14.9 Å². The van der Waals surface area contributed by atoms with Gasteiger partial charge in [-0.15, -0.1) is 0 Å². The Bertz CT molecular complexity index is 969. The lowest BCUT2D eigenvalue weighted by molar-refractivity contribution is 0.375. The quantitative estimate of drug-likeness (QED) is 0.727. The Kier molecular flexibility index (Phi) is 4.82. The van der Waals surface area contributed by atoms with E-state index in [4.69, 9.17) is 9.26 Å². The first-order valence-electron chi connectivity index (χ1n) is 7.52. The molecule has 25 heavy (non-hydrogen) atoms. The summed E-state index contributed by atoms with van der Waals surface area (Å²) >= 11 is 0. The molecule has 0 radical (unpaired) electrons. The molecule has 0 bridgehead atoms. The summed E-state index contributed by atoms with van der Waals surface area (Å²) < 4.78 is 37.8. The lowest BCUT2D eigenvalue weighted by Crippen LogP contribution is -2.24. The molecule has 0 amide bonds. The summed E-state index contributed by atoms with van der Waals surface area (Å²) in [6.45, 7) is 1.70. The summed E-state index contributed by atoms with van der Waals surface area (Å²) in [4.78, 5) is 4.27. The molecule has 0 aliphatic heterocycles. The summed E-state index contributed by atoms with van der Waals surface area (Å²) in [6.07, 6.45) is 0. The molecule has 8 heteroatoms. The maximum absolute atomic E-state index is 12.5. The van der Waals surface area contributed by atoms with E-state index < -0.39 is 10.0 Å². The van der Waals surface area contributed by atoms with Gasteiger partial charge in [-0.05, 0) is 24.6 Å². The minimum Gasteiger partial charge on any atom is -0.495 e. The van der Waals surface area contributed by atoms with Crippen molar-refractivity contribution >= 4 is 10.0 Å². The van der Waals surface area contributed by atoms with Crippen molar-refractivity contribution in [1.29, 1.82) is 0 Å². The molecule has 1 N–H and O–H groups in total. The van der Waals surface area contributed by atoms with E-state index in [1.54, 1.807) is 18.2 Å². The van der Waals surface area contributed by atoms with Crippen molar-refractivity contribution in [3.63, 3.8) is 0 Å². The number of hydrogen-bond donors (Lipinski definition) is 1. The van der Waals surface area contributed by atoms with Crippen LogP contribution in [0.15, 0.2) is 57.9 Å². The van der Waals surface area contributed by atoms with E-state index in [2.05, 4.69) is 14.9 Å². The van der Waals surface area contributed by atoms with Crippen LogP contribution in [0, 0.1) is 6.92 Å². The Morgan fingerprint density at radius 3 is 2.64 bits per heavy atom. The second kappa shape index (κ2) is 7.04. The topological polar surface area (TPSA) is 94.3 Å². The van der Waals surface area contributed by atoms with Gasteiger partial charge in [0.15, 0.2) is 0 Å². The predicted molar refractivity (Wildman–Crippen MR) is 91.5 cm³/mol. The largest absolute Gasteiger partial charge is 0.495 e. The first-order chi connectivity index (χ1) is 12.0. The van der Waals surface area contributed by atoms with Crippen molar-refractivity contribution in [2.24, 2.45) is 0 Å². The average Bonchev–Trinajstić information content (AvgIpc) is 3.10. The van der Waals surface area contributed by atoms with Gasteiger partial charge in [-0.2, -0.15) is 4.98 Å². The van der Waals surface area contributed by atoms with Gasteiger partial charge in [0.05, 0.1) is 13.7 Å². The number of ether oxygens (including phenoxy) is 1. The van der Waals surface area contributed by atoms with Crippen molar-refractivity contribution in [2.75, 3.05) is 7.11 Å². The van der Waals surface area contributed by atoms with Crippen LogP contribution in [0.3, 0.4) is 0 Å². The highest BCUT2D eigenvalue weighted by molar-refractivity contribution is 7.89. The van der Waals surface area contributed by atoms with Crippen molar-refractivity contribution in [2.45, 2.75) is 18.4 Å². The van der Waals surface area contributed by atoms with Crippen LogP contribution >= 0.6 is 0 Å². The molecule has 0 fully saturated rings. The van der Waals surface area contributed by atoms with Gasteiger partial charge in [0.1, 0.15) is 10.6 Å². The van der Waals surface area contributed by atoms with E-state index in [-0.39, 0.29) is 23.1 Å². The molecule has 0 aliphatic rings. The predicted octanol–water partition coefficient (Wildman–Crippen LogP) is 2.53. The maximum Gasteiger partial charge on any atom is 0.244 e. The Morgan fingerprint density at radius 1 is 1.16 bits per heavy atom. The lowest BCUT2D eigenvalue weighted by Gasteiger charge is -2.10. The van der Waals surface area contributed by atoms with Crippen LogP contribution in [0.4, 0.5) is 0 Å². The van der Waals surface area contributed by atoms with Gasteiger partial charge in [0.25, 0.3) is 0 Å². The Hall–Kier alpha value is -2.71. The van der Waals surface area contributed by atoms with Gasteiger partial charge in [-0.1, -0.05) is 41.6 Å². The molecule has 0 saturated carbocycles. The Morgan fingerprint density at radius 2 is 1.92 bits per heavy atom. The van der Waals surface area contributed by atoms with Crippen LogP contribution in [0.5, 0.6) is 5.75 Å². The number of aryl methyl sites for hydroxylation is 1. The first kappa shape index (κ1) is 17.1. The van der Waals surface area contributed by atoms with Gasteiger partial charge >= 0.3 is 0 Å². The third-order valence-electron chi connectivity index (χ3n) is 3.52. The van der Waals surface area contributed by atoms with Gasteiger partial charge in [0, 0.05) is 5.56 Å². The fourth-order valence-electron chi connectivity index (χ4n) is 2.26. The van der Waals surface area contributed by atoms with Crippen molar-refractivity contribution in [3.8, 4) is 17.1 Å². The zero-order valence-corrected chi connectivity index (χ0v) is 14.6. The molecule has 0 aliphatic carbocycles. The van der Waals surface area contributed by atoms with Crippen LogP contribution in [0.25, 0.3) is 11.4 Å². The lowest BCUT2D eigenvalue weighted by atomic mass is 10.2. The van der Waals surface area contributed by atoms with Crippen LogP contribution in [0.2, 0.25) is 0 Å². The smallest absolute Gasteiger partial charge is 0.244 e. The SMILES string of the molecule is COc1ccc(C)cc1S(=O)(=O)NCc1nc(-c2ccccc2)no1. The molecule has 0 atom stereocenters. The number of aromatic nitrogens is 2. The summed E-state index contributed by atoms with van der Waals surface area (Å²) in [7, 11) is -2.36. The normalized spacial score (nSPS) is 11.4. The summed E-state index contributed by atoms with van der Waals surface area (Å²) in [6, 6.07) is 14.2. The maximum atomic E-state index is 12.5. The summed E-state index contributed by atoms with van der Waals surface area (Å²) in [5.41, 5.74) is 1.60. The number of sulfonamides is 1.